The van der Waals surface area contributed by atoms with Crippen molar-refractivity contribution in [3.05, 3.63) is 69.7 Å². The van der Waals surface area contributed by atoms with Gasteiger partial charge in [0, 0.05) is 10.4 Å². The number of hydrogen-bond donors (Lipinski definition) is 1. The highest BCUT2D eigenvalue weighted by Crippen LogP contribution is 2.48. The van der Waals surface area contributed by atoms with E-state index in [1.54, 1.807) is 18.2 Å². The fraction of sp³-hybridized carbons (Fsp3) is 0.222. The first-order valence-corrected chi connectivity index (χ1v) is 8.20. The number of hydrogen-bond acceptors (Lipinski definition) is 2. The maximum absolute atomic E-state index is 13.8. The maximum atomic E-state index is 13.8. The van der Waals surface area contributed by atoms with Gasteiger partial charge in [-0.05, 0) is 41.7 Å². The lowest BCUT2D eigenvalue weighted by Crippen LogP contribution is -2.29. The van der Waals surface area contributed by atoms with Gasteiger partial charge in [-0.1, -0.05) is 40.2 Å². The van der Waals surface area contributed by atoms with Crippen molar-refractivity contribution < 1.29 is 13.6 Å². The average Bonchev–Trinajstić information content (AvgIpc) is 3.35. The Morgan fingerprint density at radius 2 is 2.04 bits per heavy atom. The Balaban J connectivity index is 1.70. The molecule has 0 aliphatic heterocycles. The molecule has 24 heavy (non-hydrogen) atoms. The number of amides is 1. The van der Waals surface area contributed by atoms with Crippen LogP contribution in [0.25, 0.3) is 0 Å². The van der Waals surface area contributed by atoms with E-state index in [1.165, 1.54) is 12.1 Å². The zero-order chi connectivity index (χ0) is 17.3. The summed E-state index contributed by atoms with van der Waals surface area (Å²) in [4.78, 5) is 12.3. The molecule has 1 fully saturated rings. The Labute approximate surface area is 146 Å². The minimum atomic E-state index is -0.914. The van der Waals surface area contributed by atoms with Crippen LogP contribution in [0.3, 0.4) is 0 Å². The van der Waals surface area contributed by atoms with Crippen LogP contribution in [0.4, 0.5) is 8.78 Å². The third-order valence-electron chi connectivity index (χ3n) is 4.11. The van der Waals surface area contributed by atoms with Gasteiger partial charge in [0.15, 0.2) is 11.6 Å². The molecule has 0 aromatic heterocycles. The van der Waals surface area contributed by atoms with Crippen molar-refractivity contribution in [3.8, 4) is 6.07 Å². The number of benzene rings is 2. The molecular weight excluding hydrogens is 378 g/mol. The molecule has 1 aliphatic carbocycles. The van der Waals surface area contributed by atoms with Gasteiger partial charge in [0.1, 0.15) is 6.04 Å². The number of halogens is 3. The van der Waals surface area contributed by atoms with Gasteiger partial charge in [-0.2, -0.15) is 5.26 Å². The zero-order valence-electron chi connectivity index (χ0n) is 12.5. The molecule has 0 heterocycles. The third-order valence-corrected chi connectivity index (χ3v) is 4.60. The lowest BCUT2D eigenvalue weighted by atomic mass is 10.1. The van der Waals surface area contributed by atoms with Crippen molar-refractivity contribution in [3.63, 3.8) is 0 Å². The maximum Gasteiger partial charge on any atom is 0.225 e. The van der Waals surface area contributed by atoms with E-state index in [0.717, 1.165) is 10.5 Å². The van der Waals surface area contributed by atoms with Crippen LogP contribution in [0.15, 0.2) is 46.9 Å². The van der Waals surface area contributed by atoms with Gasteiger partial charge in [-0.25, -0.2) is 8.78 Å². The number of carbonyl (C=O) groups is 1. The number of rotatable bonds is 4. The van der Waals surface area contributed by atoms with Gasteiger partial charge in [0.25, 0.3) is 0 Å². The predicted octanol–water partition coefficient (Wildman–Crippen LogP) is 4.21. The van der Waals surface area contributed by atoms with Crippen molar-refractivity contribution in [2.75, 3.05) is 0 Å². The van der Waals surface area contributed by atoms with Crippen LogP contribution in [0.2, 0.25) is 0 Å². The molecular formula is C18H13BrF2N2O. The van der Waals surface area contributed by atoms with Crippen molar-refractivity contribution in [2.24, 2.45) is 5.92 Å². The standard InChI is InChI=1S/C18H13BrF2N2O/c19-11-4-1-3-10(7-11)16(9-22)23-18(24)14-8-13(14)12-5-2-6-15(20)17(12)21/h1-7,13-14,16H,8H2,(H,23,24). The fourth-order valence-corrected chi connectivity index (χ4v) is 3.18. The lowest BCUT2D eigenvalue weighted by molar-refractivity contribution is -0.122. The Bertz CT molecular complexity index is 834. The second-order valence-corrected chi connectivity index (χ2v) is 6.63. The van der Waals surface area contributed by atoms with Crippen molar-refractivity contribution in [2.45, 2.75) is 18.4 Å². The van der Waals surface area contributed by atoms with Crippen molar-refractivity contribution in [1.82, 2.24) is 5.32 Å². The summed E-state index contributed by atoms with van der Waals surface area (Å²) in [6.07, 6.45) is 0.447. The van der Waals surface area contributed by atoms with Gasteiger partial charge in [0.2, 0.25) is 5.91 Å². The summed E-state index contributed by atoms with van der Waals surface area (Å²) >= 11 is 3.32. The zero-order valence-corrected chi connectivity index (χ0v) is 14.1. The summed E-state index contributed by atoms with van der Waals surface area (Å²) in [5.74, 6) is -2.92. The van der Waals surface area contributed by atoms with E-state index in [4.69, 9.17) is 0 Å². The van der Waals surface area contributed by atoms with Crippen LogP contribution in [-0.4, -0.2) is 5.91 Å². The molecule has 0 bridgehead atoms. The SMILES string of the molecule is N#CC(NC(=O)C1CC1c1cccc(F)c1F)c1cccc(Br)c1. The van der Waals surface area contributed by atoms with Crippen LogP contribution in [0.5, 0.6) is 0 Å². The van der Waals surface area contributed by atoms with Gasteiger partial charge in [0.05, 0.1) is 6.07 Å². The highest BCUT2D eigenvalue weighted by Gasteiger charge is 2.46. The molecule has 1 aliphatic rings. The Morgan fingerprint density at radius 1 is 1.29 bits per heavy atom. The summed E-state index contributed by atoms with van der Waals surface area (Å²) in [6, 6.07) is 12.3. The normalized spacial score (nSPS) is 20.1. The van der Waals surface area contributed by atoms with Gasteiger partial charge in [-0.15, -0.1) is 0 Å². The van der Waals surface area contributed by atoms with E-state index in [1.807, 2.05) is 12.1 Å². The first kappa shape index (κ1) is 16.6. The molecule has 3 rings (SSSR count). The topological polar surface area (TPSA) is 52.9 Å². The molecule has 0 radical (unpaired) electrons. The predicted molar refractivity (Wildman–Crippen MR) is 87.8 cm³/mol. The highest BCUT2D eigenvalue weighted by atomic mass is 79.9. The minimum Gasteiger partial charge on any atom is -0.336 e. The Hall–Kier alpha value is -2.26. The summed E-state index contributed by atoms with van der Waals surface area (Å²) in [5, 5.41) is 12.0. The Morgan fingerprint density at radius 3 is 2.75 bits per heavy atom. The van der Waals surface area contributed by atoms with E-state index in [-0.39, 0.29) is 17.4 Å². The van der Waals surface area contributed by atoms with Crippen LogP contribution < -0.4 is 5.32 Å². The van der Waals surface area contributed by atoms with Crippen molar-refractivity contribution >= 4 is 21.8 Å². The molecule has 3 unspecified atom stereocenters. The quantitative estimate of drug-likeness (QED) is 0.849. The molecule has 2 aromatic rings. The third kappa shape index (κ3) is 3.31. The summed E-state index contributed by atoms with van der Waals surface area (Å²) in [6.45, 7) is 0. The molecule has 3 nitrogen and oxygen atoms in total. The lowest BCUT2D eigenvalue weighted by Gasteiger charge is -2.12. The average molecular weight is 391 g/mol. The van der Waals surface area contributed by atoms with Gasteiger partial charge < -0.3 is 5.32 Å². The largest absolute Gasteiger partial charge is 0.336 e. The molecule has 1 amide bonds. The number of nitrogens with zero attached hydrogens (tertiary/aromatic N) is 1. The molecule has 3 atom stereocenters. The fourth-order valence-electron chi connectivity index (χ4n) is 2.76. The summed E-state index contributed by atoms with van der Waals surface area (Å²) < 4.78 is 27.9. The summed E-state index contributed by atoms with van der Waals surface area (Å²) in [5.41, 5.74) is 0.875. The first-order valence-electron chi connectivity index (χ1n) is 7.40. The Kier molecular flexibility index (Phi) is 4.63. The van der Waals surface area contributed by atoms with Crippen LogP contribution in [0, 0.1) is 28.9 Å². The number of carbonyl (C=O) groups excluding carboxylic acids is 1. The number of nitrogens with one attached hydrogen (secondary N) is 1. The van der Waals surface area contributed by atoms with Crippen molar-refractivity contribution in [1.29, 1.82) is 5.26 Å². The number of nitriles is 1. The molecule has 2 aromatic carbocycles. The highest BCUT2D eigenvalue weighted by molar-refractivity contribution is 9.10. The monoisotopic (exact) mass is 390 g/mol. The van der Waals surface area contributed by atoms with E-state index in [9.17, 15) is 18.8 Å². The van der Waals surface area contributed by atoms with Crippen LogP contribution in [-0.2, 0) is 4.79 Å². The van der Waals surface area contributed by atoms with Crippen LogP contribution >= 0.6 is 15.9 Å². The molecule has 0 spiro atoms. The van der Waals surface area contributed by atoms with E-state index in [2.05, 4.69) is 21.2 Å². The van der Waals surface area contributed by atoms with Gasteiger partial charge in [-0.3, -0.25) is 4.79 Å². The minimum absolute atomic E-state index is 0.214. The molecule has 0 saturated heterocycles. The molecule has 1 N–H and O–H groups in total. The molecule has 6 heteroatoms. The van der Waals surface area contributed by atoms with E-state index >= 15 is 0 Å². The molecule has 1 saturated carbocycles. The molecule has 122 valence electrons. The second-order valence-electron chi connectivity index (χ2n) is 5.72. The first-order chi connectivity index (χ1) is 11.5. The van der Waals surface area contributed by atoms with Crippen LogP contribution in [0.1, 0.15) is 29.5 Å². The van der Waals surface area contributed by atoms with E-state index < -0.39 is 23.6 Å². The smallest absolute Gasteiger partial charge is 0.225 e. The second kappa shape index (κ2) is 6.70. The van der Waals surface area contributed by atoms with Gasteiger partial charge >= 0.3 is 0 Å². The summed E-state index contributed by atoms with van der Waals surface area (Å²) in [7, 11) is 0. The van der Waals surface area contributed by atoms with E-state index in [0.29, 0.717) is 12.0 Å².